The van der Waals surface area contributed by atoms with Gasteiger partial charge in [-0.1, -0.05) is 12.1 Å². The molecule has 1 fully saturated rings. The van der Waals surface area contributed by atoms with Gasteiger partial charge in [0.2, 0.25) is 0 Å². The molecule has 1 amide bonds. The number of benzene rings is 1. The van der Waals surface area contributed by atoms with Crippen LogP contribution in [-0.4, -0.2) is 55.2 Å². The molecule has 6 heteroatoms. The maximum atomic E-state index is 12.2. The van der Waals surface area contributed by atoms with E-state index in [0.717, 1.165) is 44.2 Å². The first-order valence-corrected chi connectivity index (χ1v) is 9.00. The molecule has 1 saturated heterocycles. The highest BCUT2D eigenvalue weighted by molar-refractivity contribution is 5.92. The molecule has 0 atom stereocenters. The van der Waals surface area contributed by atoms with Crippen molar-refractivity contribution < 1.29 is 9.53 Å². The summed E-state index contributed by atoms with van der Waals surface area (Å²) in [5.74, 6) is -0.142. The minimum Gasteiger partial charge on any atom is -0.379 e. The number of hydrogen-bond acceptors (Lipinski definition) is 5. The molecule has 0 bridgehead atoms. The van der Waals surface area contributed by atoms with E-state index in [-0.39, 0.29) is 5.91 Å². The Kier molecular flexibility index (Phi) is 6.20. The zero-order valence-corrected chi connectivity index (χ0v) is 15.4. The summed E-state index contributed by atoms with van der Waals surface area (Å²) in [4.78, 5) is 18.8. The Hall–Kier alpha value is -2.44. The van der Waals surface area contributed by atoms with E-state index in [1.165, 1.54) is 11.1 Å². The van der Waals surface area contributed by atoms with Crippen LogP contribution < -0.4 is 10.6 Å². The molecule has 0 radical (unpaired) electrons. The summed E-state index contributed by atoms with van der Waals surface area (Å²) >= 11 is 0. The van der Waals surface area contributed by atoms with Gasteiger partial charge in [-0.3, -0.25) is 9.69 Å². The third-order valence-electron chi connectivity index (χ3n) is 4.49. The van der Waals surface area contributed by atoms with Gasteiger partial charge in [0.05, 0.1) is 25.1 Å². The highest BCUT2D eigenvalue weighted by Gasteiger charge is 2.11. The fraction of sp³-hybridized carbons (Fsp3) is 0.400. The minimum absolute atomic E-state index is 0.142. The van der Waals surface area contributed by atoms with E-state index in [0.29, 0.717) is 12.2 Å². The smallest absolute Gasteiger partial charge is 0.269 e. The Morgan fingerprint density at radius 3 is 2.73 bits per heavy atom. The summed E-state index contributed by atoms with van der Waals surface area (Å²) in [6.45, 7) is 8.96. The molecule has 0 spiro atoms. The lowest BCUT2D eigenvalue weighted by Crippen LogP contribution is -2.41. The van der Waals surface area contributed by atoms with Crippen LogP contribution in [0.2, 0.25) is 0 Å². The highest BCUT2D eigenvalue weighted by Crippen LogP contribution is 2.21. The van der Waals surface area contributed by atoms with Crippen molar-refractivity contribution in [2.75, 3.05) is 44.7 Å². The average molecular weight is 354 g/mol. The number of nitrogens with zero attached hydrogens (tertiary/aromatic N) is 2. The van der Waals surface area contributed by atoms with Crippen LogP contribution in [0.25, 0.3) is 0 Å². The predicted molar refractivity (Wildman–Crippen MR) is 103 cm³/mol. The van der Waals surface area contributed by atoms with E-state index in [1.807, 2.05) is 6.07 Å². The molecule has 3 rings (SSSR count). The number of amides is 1. The molecule has 2 heterocycles. The molecule has 26 heavy (non-hydrogen) atoms. The Bertz CT molecular complexity index is 740. The van der Waals surface area contributed by atoms with Gasteiger partial charge in [0.1, 0.15) is 5.69 Å². The zero-order valence-electron chi connectivity index (χ0n) is 15.4. The van der Waals surface area contributed by atoms with Gasteiger partial charge < -0.3 is 15.4 Å². The van der Waals surface area contributed by atoms with Crippen LogP contribution in [0, 0.1) is 13.8 Å². The summed E-state index contributed by atoms with van der Waals surface area (Å²) < 4.78 is 5.32. The quantitative estimate of drug-likeness (QED) is 0.834. The molecule has 0 saturated carbocycles. The number of carbonyl (C=O) groups excluding carboxylic acids is 1. The number of aromatic nitrogens is 1. The second kappa shape index (κ2) is 8.78. The summed E-state index contributed by atoms with van der Waals surface area (Å²) in [5.41, 5.74) is 4.71. The number of hydrogen-bond donors (Lipinski definition) is 2. The third kappa shape index (κ3) is 5.03. The Balaban J connectivity index is 1.51. The number of aryl methyl sites for hydroxylation is 2. The molecule has 0 aliphatic carbocycles. The Labute approximate surface area is 154 Å². The van der Waals surface area contributed by atoms with Crippen LogP contribution in [0.5, 0.6) is 0 Å². The maximum absolute atomic E-state index is 12.2. The first-order chi connectivity index (χ1) is 12.6. The summed E-state index contributed by atoms with van der Waals surface area (Å²) in [6.07, 6.45) is 1.69. The molecule has 2 aromatic rings. The van der Waals surface area contributed by atoms with Crippen LogP contribution in [0.15, 0.2) is 36.5 Å². The third-order valence-corrected chi connectivity index (χ3v) is 4.49. The first-order valence-electron chi connectivity index (χ1n) is 9.00. The largest absolute Gasteiger partial charge is 0.379 e. The number of carbonyl (C=O) groups is 1. The van der Waals surface area contributed by atoms with Gasteiger partial charge in [0, 0.05) is 31.9 Å². The van der Waals surface area contributed by atoms with Crippen LogP contribution in [-0.2, 0) is 4.74 Å². The number of nitrogens with one attached hydrogen (secondary N) is 2. The van der Waals surface area contributed by atoms with Crippen molar-refractivity contribution in [1.82, 2.24) is 15.2 Å². The zero-order chi connectivity index (χ0) is 18.4. The van der Waals surface area contributed by atoms with Crippen molar-refractivity contribution in [1.29, 1.82) is 0 Å². The van der Waals surface area contributed by atoms with Crippen LogP contribution in [0.1, 0.15) is 21.6 Å². The summed E-state index contributed by atoms with van der Waals surface area (Å²) in [5, 5.41) is 6.28. The maximum Gasteiger partial charge on any atom is 0.269 e. The second-order valence-electron chi connectivity index (χ2n) is 6.59. The van der Waals surface area contributed by atoms with Crippen molar-refractivity contribution in [2.45, 2.75) is 13.8 Å². The number of pyridine rings is 1. The van der Waals surface area contributed by atoms with E-state index in [2.05, 4.69) is 52.6 Å². The van der Waals surface area contributed by atoms with Gasteiger partial charge in [-0.25, -0.2) is 4.98 Å². The van der Waals surface area contributed by atoms with Gasteiger partial charge in [0.15, 0.2) is 0 Å². The first kappa shape index (κ1) is 18.4. The van der Waals surface area contributed by atoms with Crippen molar-refractivity contribution in [3.8, 4) is 0 Å². The monoisotopic (exact) mass is 354 g/mol. The minimum atomic E-state index is -0.142. The fourth-order valence-electron chi connectivity index (χ4n) is 2.87. The normalized spacial score (nSPS) is 14.8. The Morgan fingerprint density at radius 2 is 2.00 bits per heavy atom. The number of ether oxygens (including phenoxy) is 1. The molecule has 1 aliphatic rings. The van der Waals surface area contributed by atoms with E-state index in [9.17, 15) is 4.79 Å². The van der Waals surface area contributed by atoms with E-state index in [1.54, 1.807) is 12.3 Å². The van der Waals surface area contributed by atoms with Crippen LogP contribution >= 0.6 is 0 Å². The van der Waals surface area contributed by atoms with Crippen molar-refractivity contribution >= 4 is 17.3 Å². The molecule has 0 unspecified atom stereocenters. The van der Waals surface area contributed by atoms with Crippen molar-refractivity contribution in [3.05, 3.63) is 53.3 Å². The molecule has 2 N–H and O–H groups in total. The summed E-state index contributed by atoms with van der Waals surface area (Å²) in [7, 11) is 0. The lowest BCUT2D eigenvalue weighted by molar-refractivity contribution is 0.0383. The second-order valence-corrected chi connectivity index (χ2v) is 6.59. The molecular weight excluding hydrogens is 328 g/mol. The van der Waals surface area contributed by atoms with Gasteiger partial charge in [-0.2, -0.15) is 0 Å². The summed E-state index contributed by atoms with van der Waals surface area (Å²) in [6, 6.07) is 9.90. The van der Waals surface area contributed by atoms with Crippen LogP contribution in [0.4, 0.5) is 11.4 Å². The lowest BCUT2D eigenvalue weighted by Gasteiger charge is -2.26. The highest BCUT2D eigenvalue weighted by atomic mass is 16.5. The molecule has 6 nitrogen and oxygen atoms in total. The molecule has 1 aromatic heterocycles. The molecular formula is C20H26N4O2. The van der Waals surface area contributed by atoms with E-state index < -0.39 is 0 Å². The lowest BCUT2D eigenvalue weighted by atomic mass is 10.1. The van der Waals surface area contributed by atoms with Gasteiger partial charge in [0.25, 0.3) is 5.91 Å². The molecule has 138 valence electrons. The number of rotatable bonds is 6. The SMILES string of the molecule is Cc1ccc(C)c(Nc2ccc(C(=O)NCCN3CCOCC3)nc2)c1. The van der Waals surface area contributed by atoms with Gasteiger partial charge in [-0.05, 0) is 43.2 Å². The average Bonchev–Trinajstić information content (AvgIpc) is 2.66. The van der Waals surface area contributed by atoms with Crippen molar-refractivity contribution in [2.24, 2.45) is 0 Å². The van der Waals surface area contributed by atoms with E-state index in [4.69, 9.17) is 4.74 Å². The fourth-order valence-corrected chi connectivity index (χ4v) is 2.87. The van der Waals surface area contributed by atoms with Crippen molar-refractivity contribution in [3.63, 3.8) is 0 Å². The van der Waals surface area contributed by atoms with Gasteiger partial charge in [-0.15, -0.1) is 0 Å². The van der Waals surface area contributed by atoms with Gasteiger partial charge >= 0.3 is 0 Å². The van der Waals surface area contributed by atoms with E-state index >= 15 is 0 Å². The number of morpholine rings is 1. The molecule has 1 aliphatic heterocycles. The Morgan fingerprint density at radius 1 is 1.19 bits per heavy atom. The number of anilines is 2. The molecule has 1 aromatic carbocycles. The van der Waals surface area contributed by atoms with Crippen LogP contribution in [0.3, 0.4) is 0 Å². The topological polar surface area (TPSA) is 66.5 Å². The predicted octanol–water partition coefficient (Wildman–Crippen LogP) is 2.50. The standard InChI is InChI=1S/C20H26N4O2/c1-15-3-4-16(2)19(13-15)23-17-5-6-18(22-14-17)20(25)21-7-8-24-9-11-26-12-10-24/h3-6,13-14,23H,7-12H2,1-2H3,(H,21,25).